The Kier molecular flexibility index (Phi) is 6.23. The van der Waals surface area contributed by atoms with Crippen molar-refractivity contribution in [1.82, 2.24) is 15.6 Å². The van der Waals surface area contributed by atoms with Crippen molar-refractivity contribution in [3.63, 3.8) is 0 Å². The van der Waals surface area contributed by atoms with E-state index in [0.717, 1.165) is 5.69 Å². The molecule has 0 radical (unpaired) electrons. The monoisotopic (exact) mass is 315 g/mol. The second kappa shape index (κ2) is 8.39. The largest absolute Gasteiger partial charge is 0.351 e. The van der Waals surface area contributed by atoms with Crippen LogP contribution in [0.25, 0.3) is 0 Å². The van der Waals surface area contributed by atoms with Gasteiger partial charge in [0.15, 0.2) is 0 Å². The van der Waals surface area contributed by atoms with E-state index in [2.05, 4.69) is 29.5 Å². The van der Waals surface area contributed by atoms with E-state index in [1.807, 2.05) is 18.2 Å². The quantitative estimate of drug-likeness (QED) is 0.826. The number of nitrogens with one attached hydrogen (secondary N) is 2. The van der Waals surface area contributed by atoms with Crippen LogP contribution in [0.5, 0.6) is 0 Å². The standard InChI is InChI=1S/C18H22FN3O/c1-13(2)18(16-9-5-6-10-20-16)22-12-17(23)21-11-14-7-3-4-8-15(14)19/h3-10,13,18,22H,11-12H2,1-2H3,(H,21,23)/t18-/m1/s1. The van der Waals surface area contributed by atoms with Gasteiger partial charge in [-0.15, -0.1) is 0 Å². The highest BCUT2D eigenvalue weighted by atomic mass is 19.1. The maximum atomic E-state index is 13.5. The van der Waals surface area contributed by atoms with Crippen LogP contribution in [0.2, 0.25) is 0 Å². The highest BCUT2D eigenvalue weighted by Gasteiger charge is 2.17. The van der Waals surface area contributed by atoms with E-state index in [4.69, 9.17) is 0 Å². The molecule has 23 heavy (non-hydrogen) atoms. The molecule has 0 aliphatic heterocycles. The third-order valence-electron chi connectivity index (χ3n) is 3.59. The topological polar surface area (TPSA) is 54.0 Å². The van der Waals surface area contributed by atoms with E-state index < -0.39 is 0 Å². The van der Waals surface area contributed by atoms with Crippen LogP contribution in [0.3, 0.4) is 0 Å². The smallest absolute Gasteiger partial charge is 0.234 e. The predicted molar refractivity (Wildman–Crippen MR) is 88.1 cm³/mol. The van der Waals surface area contributed by atoms with Gasteiger partial charge < -0.3 is 5.32 Å². The third-order valence-corrected chi connectivity index (χ3v) is 3.59. The lowest BCUT2D eigenvalue weighted by Crippen LogP contribution is -2.37. The number of hydrogen-bond acceptors (Lipinski definition) is 3. The fraction of sp³-hybridized carbons (Fsp3) is 0.333. The van der Waals surface area contributed by atoms with Crippen LogP contribution in [0.1, 0.15) is 31.1 Å². The first-order chi connectivity index (χ1) is 11.1. The molecule has 1 aromatic heterocycles. The zero-order chi connectivity index (χ0) is 16.7. The van der Waals surface area contributed by atoms with Gasteiger partial charge in [0, 0.05) is 18.3 Å². The molecule has 0 saturated carbocycles. The highest BCUT2D eigenvalue weighted by molar-refractivity contribution is 5.78. The van der Waals surface area contributed by atoms with Gasteiger partial charge in [-0.2, -0.15) is 0 Å². The molecular weight excluding hydrogens is 293 g/mol. The number of benzene rings is 1. The second-order valence-electron chi connectivity index (χ2n) is 5.73. The Morgan fingerprint density at radius 1 is 1.17 bits per heavy atom. The molecule has 0 fully saturated rings. The molecule has 0 aliphatic carbocycles. The van der Waals surface area contributed by atoms with Gasteiger partial charge in [-0.05, 0) is 24.1 Å². The molecule has 122 valence electrons. The summed E-state index contributed by atoms with van der Waals surface area (Å²) in [5.74, 6) is -0.187. The van der Waals surface area contributed by atoms with E-state index in [-0.39, 0.29) is 30.9 Å². The van der Waals surface area contributed by atoms with Crippen LogP contribution in [0.4, 0.5) is 4.39 Å². The third kappa shape index (κ3) is 5.14. The predicted octanol–water partition coefficient (Wildman–Crippen LogP) is 2.82. The zero-order valence-electron chi connectivity index (χ0n) is 13.4. The van der Waals surface area contributed by atoms with Crippen LogP contribution in [0, 0.1) is 11.7 Å². The first-order valence-electron chi connectivity index (χ1n) is 7.72. The van der Waals surface area contributed by atoms with E-state index in [9.17, 15) is 9.18 Å². The molecule has 0 aliphatic rings. The van der Waals surface area contributed by atoms with Crippen molar-refractivity contribution in [1.29, 1.82) is 0 Å². The van der Waals surface area contributed by atoms with Crippen LogP contribution in [-0.2, 0) is 11.3 Å². The maximum Gasteiger partial charge on any atom is 0.234 e. The number of carbonyl (C=O) groups is 1. The van der Waals surface area contributed by atoms with Crippen LogP contribution in [-0.4, -0.2) is 17.4 Å². The van der Waals surface area contributed by atoms with Crippen LogP contribution < -0.4 is 10.6 Å². The fourth-order valence-electron chi connectivity index (χ4n) is 2.34. The van der Waals surface area contributed by atoms with Crippen LogP contribution in [0.15, 0.2) is 48.7 Å². The van der Waals surface area contributed by atoms with Gasteiger partial charge in [0.1, 0.15) is 5.82 Å². The lowest BCUT2D eigenvalue weighted by Gasteiger charge is -2.21. The molecule has 1 atom stereocenters. The number of amides is 1. The summed E-state index contributed by atoms with van der Waals surface area (Å²) in [7, 11) is 0. The normalized spacial score (nSPS) is 12.2. The maximum absolute atomic E-state index is 13.5. The molecular formula is C18H22FN3O. The number of nitrogens with zero attached hydrogens (tertiary/aromatic N) is 1. The summed E-state index contributed by atoms with van der Waals surface area (Å²) in [6.07, 6.45) is 1.74. The molecule has 1 amide bonds. The Balaban J connectivity index is 1.86. The number of carbonyl (C=O) groups excluding carboxylic acids is 1. The summed E-state index contributed by atoms with van der Waals surface area (Å²) in [5.41, 5.74) is 1.38. The first kappa shape index (κ1) is 17.1. The molecule has 0 unspecified atom stereocenters. The minimum absolute atomic E-state index is 0.00425. The Labute approximate surface area is 136 Å². The minimum atomic E-state index is -0.311. The van der Waals surface area contributed by atoms with E-state index in [1.54, 1.807) is 24.4 Å². The highest BCUT2D eigenvalue weighted by Crippen LogP contribution is 2.18. The number of hydrogen-bond donors (Lipinski definition) is 2. The second-order valence-corrected chi connectivity index (χ2v) is 5.73. The Morgan fingerprint density at radius 3 is 2.57 bits per heavy atom. The molecule has 2 aromatic rings. The SMILES string of the molecule is CC(C)[C@@H](NCC(=O)NCc1ccccc1F)c1ccccn1. The van der Waals surface area contributed by atoms with Gasteiger partial charge in [-0.1, -0.05) is 38.1 Å². The molecule has 4 nitrogen and oxygen atoms in total. The molecule has 1 aromatic carbocycles. The van der Waals surface area contributed by atoms with Gasteiger partial charge in [0.05, 0.1) is 18.3 Å². The van der Waals surface area contributed by atoms with Gasteiger partial charge in [0.2, 0.25) is 5.91 Å². The van der Waals surface area contributed by atoms with E-state index in [0.29, 0.717) is 11.5 Å². The lowest BCUT2D eigenvalue weighted by atomic mass is 10.0. The van der Waals surface area contributed by atoms with Crippen LogP contribution >= 0.6 is 0 Å². The van der Waals surface area contributed by atoms with Crippen molar-refractivity contribution >= 4 is 5.91 Å². The van der Waals surface area contributed by atoms with Gasteiger partial charge in [-0.3, -0.25) is 15.1 Å². The average Bonchev–Trinajstić information content (AvgIpc) is 2.55. The van der Waals surface area contributed by atoms with Gasteiger partial charge in [-0.25, -0.2) is 4.39 Å². The molecule has 0 spiro atoms. The van der Waals surface area contributed by atoms with E-state index in [1.165, 1.54) is 6.07 Å². The van der Waals surface area contributed by atoms with Crippen molar-refractivity contribution < 1.29 is 9.18 Å². The van der Waals surface area contributed by atoms with Crippen molar-refractivity contribution in [2.45, 2.75) is 26.4 Å². The van der Waals surface area contributed by atoms with Gasteiger partial charge in [0.25, 0.3) is 0 Å². The molecule has 0 saturated heterocycles. The summed E-state index contributed by atoms with van der Waals surface area (Å²) in [6.45, 7) is 4.49. The molecule has 0 bridgehead atoms. The Morgan fingerprint density at radius 2 is 1.91 bits per heavy atom. The lowest BCUT2D eigenvalue weighted by molar-refractivity contribution is -0.120. The first-order valence-corrected chi connectivity index (χ1v) is 7.72. The van der Waals surface area contributed by atoms with E-state index >= 15 is 0 Å². The summed E-state index contributed by atoms with van der Waals surface area (Å²) in [4.78, 5) is 16.3. The summed E-state index contributed by atoms with van der Waals surface area (Å²) >= 11 is 0. The zero-order valence-corrected chi connectivity index (χ0v) is 13.4. The average molecular weight is 315 g/mol. The summed E-state index contributed by atoms with van der Waals surface area (Å²) < 4.78 is 13.5. The molecule has 2 N–H and O–H groups in total. The number of halogens is 1. The minimum Gasteiger partial charge on any atom is -0.351 e. The fourth-order valence-corrected chi connectivity index (χ4v) is 2.34. The van der Waals surface area contributed by atoms with Crippen molar-refractivity contribution in [2.75, 3.05) is 6.54 Å². The Bertz CT molecular complexity index is 631. The van der Waals surface area contributed by atoms with Crippen molar-refractivity contribution in [3.05, 3.63) is 65.7 Å². The summed E-state index contributed by atoms with van der Waals surface area (Å²) in [5, 5.41) is 5.94. The number of aromatic nitrogens is 1. The summed E-state index contributed by atoms with van der Waals surface area (Å²) in [6, 6.07) is 12.1. The van der Waals surface area contributed by atoms with Gasteiger partial charge >= 0.3 is 0 Å². The number of rotatable bonds is 7. The van der Waals surface area contributed by atoms with Crippen molar-refractivity contribution in [3.8, 4) is 0 Å². The molecule has 1 heterocycles. The Hall–Kier alpha value is -2.27. The van der Waals surface area contributed by atoms with Crippen molar-refractivity contribution in [2.24, 2.45) is 5.92 Å². The molecule has 5 heteroatoms. The number of pyridine rings is 1. The molecule has 2 rings (SSSR count).